The van der Waals surface area contributed by atoms with Gasteiger partial charge in [-0.2, -0.15) is 0 Å². The number of rotatable bonds is 9. The van der Waals surface area contributed by atoms with Crippen LogP contribution < -0.4 is 0 Å². The molecule has 0 bridgehead atoms. The van der Waals surface area contributed by atoms with Gasteiger partial charge in [-0.25, -0.2) is 59.8 Å². The maximum Gasteiger partial charge on any atom is 0.237 e. The SMILES string of the molecule is Cc1ccc(-n2c3ccccc3c3cc4c(cc32)oc2ccc(-c3ncncn3)cc24)cc1.c1ccc(-c2ccc3oc4cc5c(cc4c3c2)c2ccccc2n5-c2ncncn2)cc1.c1ccc(-n2c3ccccc3c3cc4c(cc32)oc2ccc(-c3cccc(-c5ncncn5)c3)cc24)cc1.c1ccc(-n2c3ccccc3c3cc4c(cc32)oc2ccc(-c3ncncn3)cc24)cc1. The van der Waals surface area contributed by atoms with Gasteiger partial charge in [0.1, 0.15) is 95.3 Å². The number of fused-ring (bicyclic) bond motifs is 24. The highest BCUT2D eigenvalue weighted by molar-refractivity contribution is 6.22. The van der Waals surface area contributed by atoms with Crippen molar-refractivity contribution in [3.8, 4) is 79.4 Å². The molecular formula is C115H70N16O4. The van der Waals surface area contributed by atoms with E-state index in [9.17, 15) is 0 Å². The molecule has 634 valence electrons. The van der Waals surface area contributed by atoms with Gasteiger partial charge in [-0.1, -0.05) is 188 Å². The second kappa shape index (κ2) is 31.8. The van der Waals surface area contributed by atoms with Crippen molar-refractivity contribution in [2.45, 2.75) is 6.92 Å². The maximum atomic E-state index is 6.39. The number of aromatic nitrogens is 16. The molecule has 0 aliphatic carbocycles. The summed E-state index contributed by atoms with van der Waals surface area (Å²) >= 11 is 0. The fourth-order valence-electron chi connectivity index (χ4n) is 19.5. The van der Waals surface area contributed by atoms with E-state index in [4.69, 9.17) is 17.7 Å². The minimum absolute atomic E-state index is 0.591. The first-order chi connectivity index (χ1) is 66.8. The van der Waals surface area contributed by atoms with Crippen LogP contribution in [0.1, 0.15) is 5.56 Å². The standard InChI is InChI=1S/C33H20N4O.C28H18N4O.2C27H16N4O/c1-2-9-24(10-3-1)37-29-12-5-4-11-25(29)26-17-28-27-16-22(13-14-31(27)38-32(28)18-30(26)37)21-7-6-8-23(15-21)33-35-19-34-20-36-33;1-17-6-9-19(10-7-17)32-24-5-3-2-4-20(24)21-13-23-22-12-18(28-30-15-29-16-31-28)8-11-26(22)33-27(23)14-25(21)32;1-2-6-18(7-3-1)31-23-9-5-4-8-19(23)20-13-22-21-12-17(27-29-15-28-16-30-27)10-11-25(21)32-26(22)14-24(20)31;1-2-6-17(7-3-1)18-10-11-25-21(12-18)22-13-20-19-8-4-5-9-23(19)31(24(20)14-26(22)32-25)27-29-15-28-16-30-27/h1-20H;2-16H,1H3;2*1-16H. The molecule has 29 rings (SSSR count). The predicted molar refractivity (Wildman–Crippen MR) is 538 cm³/mol. The van der Waals surface area contributed by atoms with Crippen LogP contribution in [-0.4, -0.2) is 78.1 Å². The van der Waals surface area contributed by atoms with Gasteiger partial charge in [-0.05, 0) is 181 Å². The summed E-state index contributed by atoms with van der Waals surface area (Å²) < 4.78 is 34.2. The van der Waals surface area contributed by atoms with Gasteiger partial charge < -0.3 is 31.4 Å². The Hall–Kier alpha value is -18.8. The van der Waals surface area contributed by atoms with Crippen LogP contribution >= 0.6 is 0 Å². The molecule has 0 N–H and O–H groups in total. The Morgan fingerprint density at radius 1 is 0.170 bits per heavy atom. The summed E-state index contributed by atoms with van der Waals surface area (Å²) in [4.78, 5) is 50.3. The summed E-state index contributed by atoms with van der Waals surface area (Å²) in [6.45, 7) is 2.11. The Balaban J connectivity index is 0.0000000939. The number of benzene rings is 17. The van der Waals surface area contributed by atoms with Crippen LogP contribution in [0.25, 0.3) is 254 Å². The molecule has 20 heteroatoms. The summed E-state index contributed by atoms with van der Waals surface area (Å²) in [5, 5.41) is 18.3. The summed E-state index contributed by atoms with van der Waals surface area (Å²) in [5.41, 5.74) is 27.9. The number of nitrogens with zero attached hydrogens (tertiary/aromatic N) is 16. The topological polar surface area (TPSA) is 227 Å². The number of hydrogen-bond donors (Lipinski definition) is 0. The van der Waals surface area contributed by atoms with Crippen LogP contribution in [-0.2, 0) is 0 Å². The van der Waals surface area contributed by atoms with Crippen molar-refractivity contribution in [3.63, 3.8) is 0 Å². The van der Waals surface area contributed by atoms with Crippen molar-refractivity contribution in [1.29, 1.82) is 0 Å². The third-order valence-electron chi connectivity index (χ3n) is 25.6. The zero-order valence-electron chi connectivity index (χ0n) is 72.0. The van der Waals surface area contributed by atoms with Gasteiger partial charge in [-0.15, -0.1) is 0 Å². The molecule has 12 heterocycles. The van der Waals surface area contributed by atoms with Crippen LogP contribution in [0.3, 0.4) is 0 Å². The second-order valence-corrected chi connectivity index (χ2v) is 33.4. The van der Waals surface area contributed by atoms with Crippen LogP contribution in [0.5, 0.6) is 0 Å². The molecule has 0 saturated heterocycles. The molecule has 0 atom stereocenters. The third kappa shape index (κ3) is 13.3. The number of furan rings is 4. The Morgan fingerprint density at radius 3 is 0.815 bits per heavy atom. The van der Waals surface area contributed by atoms with E-state index in [2.05, 4.69) is 382 Å². The van der Waals surface area contributed by atoms with Crippen LogP contribution in [0.15, 0.2) is 426 Å². The van der Waals surface area contributed by atoms with E-state index in [1.807, 2.05) is 60.7 Å². The maximum absolute atomic E-state index is 6.39. The average Bonchev–Trinajstić information content (AvgIpc) is 1.58. The molecule has 0 radical (unpaired) electrons. The van der Waals surface area contributed by atoms with E-state index in [0.717, 1.165) is 171 Å². The van der Waals surface area contributed by atoms with Crippen molar-refractivity contribution in [2.75, 3.05) is 0 Å². The van der Waals surface area contributed by atoms with E-state index >= 15 is 0 Å². The number of para-hydroxylation sites is 6. The average molecular weight is 1740 g/mol. The van der Waals surface area contributed by atoms with Gasteiger partial charge in [0.05, 0.1) is 44.1 Å². The molecule has 0 aliphatic rings. The molecule has 12 aromatic heterocycles. The summed E-state index contributed by atoms with van der Waals surface area (Å²) in [6.07, 6.45) is 12.2. The largest absolute Gasteiger partial charge is 0.456 e. The first kappa shape index (κ1) is 77.3. The molecule has 0 spiro atoms. The molecular weight excluding hydrogens is 1670 g/mol. The highest BCUT2D eigenvalue weighted by Gasteiger charge is 2.24. The minimum Gasteiger partial charge on any atom is -0.456 e. The predicted octanol–water partition coefficient (Wildman–Crippen LogP) is 28.1. The van der Waals surface area contributed by atoms with E-state index in [1.165, 1.54) is 116 Å². The Bertz CT molecular complexity index is 9440. The van der Waals surface area contributed by atoms with Gasteiger partial charge in [0.15, 0.2) is 17.5 Å². The van der Waals surface area contributed by atoms with Crippen molar-refractivity contribution in [2.24, 2.45) is 0 Å². The first-order valence-electron chi connectivity index (χ1n) is 44.2. The normalized spacial score (nSPS) is 11.7. The van der Waals surface area contributed by atoms with Gasteiger partial charge >= 0.3 is 0 Å². The van der Waals surface area contributed by atoms with Crippen molar-refractivity contribution in [1.82, 2.24) is 78.1 Å². The van der Waals surface area contributed by atoms with Crippen molar-refractivity contribution in [3.05, 3.63) is 414 Å². The number of aryl methyl sites for hydroxylation is 1. The zero-order valence-corrected chi connectivity index (χ0v) is 72.0. The molecule has 0 unspecified atom stereocenters. The molecule has 17 aromatic carbocycles. The smallest absolute Gasteiger partial charge is 0.237 e. The molecule has 29 aromatic rings. The zero-order chi connectivity index (χ0) is 89.1. The molecule has 0 amide bonds. The molecule has 135 heavy (non-hydrogen) atoms. The van der Waals surface area contributed by atoms with Crippen LogP contribution in [0, 0.1) is 6.92 Å². The van der Waals surface area contributed by atoms with Crippen molar-refractivity contribution >= 4 is 175 Å². The summed E-state index contributed by atoms with van der Waals surface area (Å²) in [7, 11) is 0. The summed E-state index contributed by atoms with van der Waals surface area (Å²) in [6, 6.07) is 125. The Kier molecular flexibility index (Phi) is 18.2. The third-order valence-corrected chi connectivity index (χ3v) is 25.6. The van der Waals surface area contributed by atoms with Gasteiger partial charge in [0.2, 0.25) is 5.95 Å². The van der Waals surface area contributed by atoms with E-state index < -0.39 is 0 Å². The van der Waals surface area contributed by atoms with Gasteiger partial charge in [-0.3, -0.25) is 4.57 Å². The molecule has 0 saturated carbocycles. The fraction of sp³-hybridized carbons (Fsp3) is 0.00870. The minimum atomic E-state index is 0.591. The highest BCUT2D eigenvalue weighted by atomic mass is 16.3. The lowest BCUT2D eigenvalue weighted by Crippen LogP contribution is -2.00. The number of hydrogen-bond acceptors (Lipinski definition) is 16. The van der Waals surface area contributed by atoms with Crippen molar-refractivity contribution < 1.29 is 17.7 Å². The van der Waals surface area contributed by atoms with Gasteiger partial charge in [0.25, 0.3) is 0 Å². The van der Waals surface area contributed by atoms with Crippen LogP contribution in [0.4, 0.5) is 0 Å². The monoisotopic (exact) mass is 1740 g/mol. The lowest BCUT2D eigenvalue weighted by atomic mass is 10.00. The summed E-state index contributed by atoms with van der Waals surface area (Å²) in [5.74, 6) is 2.55. The lowest BCUT2D eigenvalue weighted by Gasteiger charge is -2.08. The quantitative estimate of drug-likeness (QED) is 0.131. The fourth-order valence-corrected chi connectivity index (χ4v) is 19.5. The van der Waals surface area contributed by atoms with E-state index in [0.29, 0.717) is 23.4 Å². The Morgan fingerprint density at radius 2 is 0.437 bits per heavy atom. The lowest BCUT2D eigenvalue weighted by molar-refractivity contribution is 0.669. The molecule has 20 nitrogen and oxygen atoms in total. The first-order valence-corrected chi connectivity index (χ1v) is 44.2. The van der Waals surface area contributed by atoms with E-state index in [-0.39, 0.29) is 0 Å². The van der Waals surface area contributed by atoms with Crippen LogP contribution in [0.2, 0.25) is 0 Å². The van der Waals surface area contributed by atoms with Gasteiger partial charge in [0, 0.05) is 144 Å². The van der Waals surface area contributed by atoms with E-state index in [1.54, 1.807) is 0 Å². The Labute approximate surface area is 766 Å². The highest BCUT2D eigenvalue weighted by Crippen LogP contribution is 2.46. The molecule has 0 aliphatic heterocycles. The second-order valence-electron chi connectivity index (χ2n) is 33.4. The molecule has 0 fully saturated rings.